The average molecular weight is 432 g/mol. The minimum absolute atomic E-state index is 0.0420. The van der Waals surface area contributed by atoms with E-state index in [9.17, 15) is 13.2 Å². The van der Waals surface area contributed by atoms with Crippen LogP contribution in [0.4, 0.5) is 0 Å². The average Bonchev–Trinajstić information content (AvgIpc) is 3.04. The van der Waals surface area contributed by atoms with Crippen LogP contribution in [0.25, 0.3) is 33.7 Å². The lowest BCUT2D eigenvalue weighted by Crippen LogP contribution is -2.11. The van der Waals surface area contributed by atoms with E-state index in [1.54, 1.807) is 7.05 Å². The number of ether oxygens (including phenoxy) is 1. The van der Waals surface area contributed by atoms with Gasteiger partial charge >= 0.3 is 0 Å². The Hall–Kier alpha value is -3.24. The zero-order chi connectivity index (χ0) is 20.8. The van der Waals surface area contributed by atoms with Gasteiger partial charge in [-0.3, -0.25) is 4.79 Å². The molecule has 1 N–H and O–H groups in total. The molecule has 0 saturated carbocycles. The van der Waals surface area contributed by atoms with Crippen LogP contribution in [-0.4, -0.2) is 40.3 Å². The van der Waals surface area contributed by atoms with Crippen LogP contribution in [0.15, 0.2) is 52.3 Å². The molecule has 4 aromatic rings. The molecule has 0 atom stereocenters. The first-order valence-corrected chi connectivity index (χ1v) is 10.6. The van der Waals surface area contributed by atoms with Gasteiger partial charge in [0.25, 0.3) is 14.6 Å². The zero-order valence-corrected chi connectivity index (χ0v) is 16.8. The summed E-state index contributed by atoms with van der Waals surface area (Å²) in [5.41, 5.74) is 1.57. The standard InChI is InChI=1S/C18H14ClN5O4S/c1-24-16-13(14(23-24)10-6-4-3-5-7-10)17(25)22-15(21-16)11-8-9-12(29(19,26)27)20-18(11)28-2/h3-9H,1-2H3,(H,21,22,25). The van der Waals surface area contributed by atoms with Crippen molar-refractivity contribution in [3.05, 3.63) is 52.8 Å². The summed E-state index contributed by atoms with van der Waals surface area (Å²) in [7, 11) is 4.31. The predicted molar refractivity (Wildman–Crippen MR) is 107 cm³/mol. The van der Waals surface area contributed by atoms with E-state index >= 15 is 0 Å². The summed E-state index contributed by atoms with van der Waals surface area (Å²) >= 11 is 0. The van der Waals surface area contributed by atoms with E-state index in [-0.39, 0.29) is 16.7 Å². The van der Waals surface area contributed by atoms with E-state index < -0.39 is 14.6 Å². The second-order valence-electron chi connectivity index (χ2n) is 6.10. The molecule has 0 unspecified atom stereocenters. The molecule has 3 aromatic heterocycles. The summed E-state index contributed by atoms with van der Waals surface area (Å²) in [6.45, 7) is 0. The van der Waals surface area contributed by atoms with Gasteiger partial charge in [0.15, 0.2) is 10.7 Å². The number of nitrogens with zero attached hydrogens (tertiary/aromatic N) is 4. The molecule has 4 rings (SSSR count). The van der Waals surface area contributed by atoms with Gasteiger partial charge in [-0.25, -0.2) is 18.1 Å². The quantitative estimate of drug-likeness (QED) is 0.492. The zero-order valence-electron chi connectivity index (χ0n) is 15.2. The lowest BCUT2D eigenvalue weighted by molar-refractivity contribution is 0.395. The highest BCUT2D eigenvalue weighted by atomic mass is 35.7. The number of hydrogen-bond acceptors (Lipinski definition) is 7. The normalized spacial score (nSPS) is 11.7. The molecule has 0 fully saturated rings. The monoisotopic (exact) mass is 431 g/mol. The predicted octanol–water partition coefficient (Wildman–Crippen LogP) is 2.32. The molecule has 0 amide bonds. The maximum absolute atomic E-state index is 12.9. The van der Waals surface area contributed by atoms with E-state index in [1.807, 2.05) is 30.3 Å². The second-order valence-corrected chi connectivity index (χ2v) is 8.61. The molecular formula is C18H14ClN5O4S. The Morgan fingerprint density at radius 1 is 1.10 bits per heavy atom. The summed E-state index contributed by atoms with van der Waals surface area (Å²) in [5, 5.41) is 4.41. The minimum Gasteiger partial charge on any atom is -0.480 e. The van der Waals surface area contributed by atoms with Crippen LogP contribution in [-0.2, 0) is 16.1 Å². The molecule has 0 spiro atoms. The molecule has 0 aliphatic heterocycles. The van der Waals surface area contributed by atoms with Gasteiger partial charge < -0.3 is 9.72 Å². The van der Waals surface area contributed by atoms with E-state index in [2.05, 4.69) is 20.1 Å². The van der Waals surface area contributed by atoms with Gasteiger partial charge in [0.2, 0.25) is 5.88 Å². The van der Waals surface area contributed by atoms with Crippen LogP contribution in [0.5, 0.6) is 5.88 Å². The van der Waals surface area contributed by atoms with Gasteiger partial charge in [-0.1, -0.05) is 30.3 Å². The van der Waals surface area contributed by atoms with Crippen molar-refractivity contribution in [2.24, 2.45) is 7.05 Å². The lowest BCUT2D eigenvalue weighted by Gasteiger charge is -2.08. The maximum Gasteiger partial charge on any atom is 0.278 e. The molecular weight excluding hydrogens is 418 g/mol. The molecule has 29 heavy (non-hydrogen) atoms. The molecule has 0 saturated heterocycles. The Kier molecular flexibility index (Phi) is 4.59. The van der Waals surface area contributed by atoms with E-state index in [1.165, 1.54) is 23.9 Å². The van der Waals surface area contributed by atoms with Crippen LogP contribution in [0, 0.1) is 0 Å². The Morgan fingerprint density at radius 3 is 2.48 bits per heavy atom. The van der Waals surface area contributed by atoms with E-state index in [0.29, 0.717) is 22.3 Å². The Labute approximate surface area is 169 Å². The van der Waals surface area contributed by atoms with E-state index in [4.69, 9.17) is 15.4 Å². The van der Waals surface area contributed by atoms with Gasteiger partial charge in [-0.05, 0) is 12.1 Å². The number of fused-ring (bicyclic) bond motifs is 1. The molecule has 11 heteroatoms. The van der Waals surface area contributed by atoms with Crippen molar-refractivity contribution in [3.63, 3.8) is 0 Å². The topological polar surface area (TPSA) is 120 Å². The van der Waals surface area contributed by atoms with Gasteiger partial charge in [0.05, 0.1) is 12.7 Å². The largest absolute Gasteiger partial charge is 0.480 e. The fourth-order valence-electron chi connectivity index (χ4n) is 2.98. The first-order valence-electron chi connectivity index (χ1n) is 8.32. The first-order chi connectivity index (χ1) is 13.8. The Morgan fingerprint density at radius 2 is 1.83 bits per heavy atom. The third-order valence-electron chi connectivity index (χ3n) is 4.27. The number of aromatic nitrogens is 5. The molecule has 0 bridgehead atoms. The maximum atomic E-state index is 12.9. The number of pyridine rings is 1. The number of methoxy groups -OCH3 is 1. The molecule has 148 valence electrons. The fourth-order valence-corrected chi connectivity index (χ4v) is 3.66. The number of benzene rings is 1. The minimum atomic E-state index is -4.04. The van der Waals surface area contributed by atoms with Crippen molar-refractivity contribution >= 4 is 30.8 Å². The number of H-pyrrole nitrogens is 1. The fraction of sp³-hybridized carbons (Fsp3) is 0.111. The number of hydrogen-bond donors (Lipinski definition) is 1. The molecule has 0 radical (unpaired) electrons. The van der Waals surface area contributed by atoms with Crippen LogP contribution < -0.4 is 10.3 Å². The van der Waals surface area contributed by atoms with Crippen molar-refractivity contribution in [2.45, 2.75) is 5.03 Å². The van der Waals surface area contributed by atoms with Crippen LogP contribution in [0.2, 0.25) is 0 Å². The first kappa shape index (κ1) is 19.1. The molecule has 0 aliphatic rings. The summed E-state index contributed by atoms with van der Waals surface area (Å²) in [6, 6.07) is 11.9. The van der Waals surface area contributed by atoms with Gasteiger partial charge in [0.1, 0.15) is 16.9 Å². The Bertz CT molecular complexity index is 1400. The van der Waals surface area contributed by atoms with Crippen LogP contribution in [0.1, 0.15) is 0 Å². The van der Waals surface area contributed by atoms with Crippen molar-refractivity contribution in [2.75, 3.05) is 7.11 Å². The van der Waals surface area contributed by atoms with Crippen LogP contribution in [0.3, 0.4) is 0 Å². The lowest BCUT2D eigenvalue weighted by atomic mass is 10.1. The number of rotatable bonds is 4. The summed E-state index contributed by atoms with van der Waals surface area (Å²) in [6.07, 6.45) is 0. The van der Waals surface area contributed by atoms with Gasteiger partial charge in [0, 0.05) is 23.3 Å². The van der Waals surface area contributed by atoms with Crippen molar-refractivity contribution in [1.29, 1.82) is 0 Å². The van der Waals surface area contributed by atoms with Crippen molar-refractivity contribution < 1.29 is 13.2 Å². The highest BCUT2D eigenvalue weighted by molar-refractivity contribution is 8.13. The Balaban J connectivity index is 1.94. The van der Waals surface area contributed by atoms with Gasteiger partial charge in [-0.15, -0.1) is 0 Å². The summed E-state index contributed by atoms with van der Waals surface area (Å²) in [4.78, 5) is 24.0. The molecule has 0 aliphatic carbocycles. The number of nitrogens with one attached hydrogen (secondary N) is 1. The SMILES string of the molecule is COc1nc(S(=O)(=O)Cl)ccc1-c1nc2c(c(-c3ccccc3)nn2C)c(=O)[nH]1. The molecule has 3 heterocycles. The molecule has 9 nitrogen and oxygen atoms in total. The number of halogens is 1. The summed E-state index contributed by atoms with van der Waals surface area (Å²) < 4.78 is 29.7. The van der Waals surface area contributed by atoms with Crippen molar-refractivity contribution in [3.8, 4) is 28.5 Å². The molecule has 1 aromatic carbocycles. The smallest absolute Gasteiger partial charge is 0.278 e. The highest BCUT2D eigenvalue weighted by Crippen LogP contribution is 2.30. The second kappa shape index (κ2) is 6.98. The third kappa shape index (κ3) is 3.36. The number of aromatic amines is 1. The number of aryl methyl sites for hydroxylation is 1. The van der Waals surface area contributed by atoms with Crippen molar-refractivity contribution in [1.82, 2.24) is 24.7 Å². The van der Waals surface area contributed by atoms with Gasteiger partial charge in [-0.2, -0.15) is 10.1 Å². The highest BCUT2D eigenvalue weighted by Gasteiger charge is 2.21. The van der Waals surface area contributed by atoms with E-state index in [0.717, 1.165) is 5.56 Å². The van der Waals surface area contributed by atoms with Crippen LogP contribution >= 0.6 is 10.7 Å². The summed E-state index contributed by atoms with van der Waals surface area (Å²) in [5.74, 6) is 0.118. The third-order valence-corrected chi connectivity index (χ3v) is 5.48.